The molecule has 0 aromatic carbocycles. The van der Waals surface area contributed by atoms with Crippen LogP contribution in [-0.2, 0) is 6.54 Å². The molecular weight excluding hydrogens is 240 g/mol. The van der Waals surface area contributed by atoms with Gasteiger partial charge < -0.3 is 5.32 Å². The third-order valence-electron chi connectivity index (χ3n) is 2.04. The summed E-state index contributed by atoms with van der Waals surface area (Å²) in [4.78, 5) is 9.84. The fourth-order valence-electron chi connectivity index (χ4n) is 1.19. The highest BCUT2D eigenvalue weighted by Gasteiger charge is 2.07. The lowest BCUT2D eigenvalue weighted by Gasteiger charge is -1.98. The predicted molar refractivity (Wildman–Crippen MR) is 68.2 cm³/mol. The molecule has 0 radical (unpaired) electrons. The molecule has 0 aliphatic carbocycles. The first-order chi connectivity index (χ1) is 7.65. The van der Waals surface area contributed by atoms with E-state index >= 15 is 0 Å². The fourth-order valence-corrected chi connectivity index (χ4v) is 2.63. The molecule has 0 atom stereocenters. The van der Waals surface area contributed by atoms with E-state index in [2.05, 4.69) is 33.5 Å². The zero-order valence-electron chi connectivity index (χ0n) is 9.52. The number of anilines is 1. The highest BCUT2D eigenvalue weighted by atomic mass is 32.1. The second-order valence-corrected chi connectivity index (χ2v) is 5.88. The van der Waals surface area contributed by atoms with Crippen molar-refractivity contribution in [3.05, 3.63) is 21.9 Å². The molecule has 0 fully saturated rings. The Morgan fingerprint density at radius 2 is 2.25 bits per heavy atom. The summed E-state index contributed by atoms with van der Waals surface area (Å²) in [7, 11) is 0. The van der Waals surface area contributed by atoms with E-state index in [1.165, 1.54) is 16.4 Å². The molecule has 0 aliphatic rings. The minimum Gasteiger partial charge on any atom is -0.355 e. The molecule has 0 saturated heterocycles. The van der Waals surface area contributed by atoms with Crippen LogP contribution in [0.4, 0.5) is 5.13 Å². The van der Waals surface area contributed by atoms with Gasteiger partial charge in [-0.1, -0.05) is 13.8 Å². The van der Waals surface area contributed by atoms with Crippen molar-refractivity contribution >= 4 is 28.0 Å². The van der Waals surface area contributed by atoms with Crippen LogP contribution in [0, 0.1) is 6.92 Å². The van der Waals surface area contributed by atoms with Crippen LogP contribution in [0.3, 0.4) is 0 Å². The average molecular weight is 254 g/mol. The Bertz CT molecular complexity index is 461. The van der Waals surface area contributed by atoms with E-state index in [1.54, 1.807) is 11.3 Å². The number of nitrogens with zero attached hydrogens (tertiary/aromatic N) is 3. The maximum absolute atomic E-state index is 4.41. The summed E-state index contributed by atoms with van der Waals surface area (Å²) >= 11 is 3.12. The maximum atomic E-state index is 4.41. The van der Waals surface area contributed by atoms with Crippen LogP contribution in [0.5, 0.6) is 0 Å². The van der Waals surface area contributed by atoms with Crippen molar-refractivity contribution in [1.82, 2.24) is 14.3 Å². The average Bonchev–Trinajstić information content (AvgIpc) is 2.83. The van der Waals surface area contributed by atoms with Gasteiger partial charge in [-0.3, -0.25) is 0 Å². The van der Waals surface area contributed by atoms with Crippen LogP contribution in [0.25, 0.3) is 0 Å². The molecule has 0 amide bonds. The van der Waals surface area contributed by atoms with Gasteiger partial charge in [-0.2, -0.15) is 4.37 Å². The van der Waals surface area contributed by atoms with Gasteiger partial charge in [0.05, 0.1) is 11.6 Å². The van der Waals surface area contributed by atoms with Crippen LogP contribution in [0.2, 0.25) is 0 Å². The summed E-state index contributed by atoms with van der Waals surface area (Å²) < 4.78 is 4.29. The van der Waals surface area contributed by atoms with Crippen molar-refractivity contribution in [3.8, 4) is 0 Å². The normalized spacial score (nSPS) is 11.0. The van der Waals surface area contributed by atoms with Crippen molar-refractivity contribution in [2.24, 2.45) is 0 Å². The summed E-state index contributed by atoms with van der Waals surface area (Å²) in [6.07, 6.45) is 1.90. The third-order valence-corrected chi connectivity index (χ3v) is 3.64. The van der Waals surface area contributed by atoms with Crippen LogP contribution in [0.15, 0.2) is 6.20 Å². The standard InChI is InChI=1S/C10H14N4S2/c1-6(2)9-13-10(16-14-9)12-5-8-4-11-7(3)15-8/h4,6H,5H2,1-3H3,(H,12,13,14). The second kappa shape index (κ2) is 4.88. The Kier molecular flexibility index (Phi) is 3.50. The highest BCUT2D eigenvalue weighted by molar-refractivity contribution is 7.11. The van der Waals surface area contributed by atoms with Crippen LogP contribution in [-0.4, -0.2) is 14.3 Å². The van der Waals surface area contributed by atoms with E-state index in [9.17, 15) is 0 Å². The molecule has 0 bridgehead atoms. The largest absolute Gasteiger partial charge is 0.355 e. The Morgan fingerprint density at radius 3 is 2.81 bits per heavy atom. The van der Waals surface area contributed by atoms with Crippen molar-refractivity contribution in [2.45, 2.75) is 33.2 Å². The zero-order valence-corrected chi connectivity index (χ0v) is 11.2. The van der Waals surface area contributed by atoms with Gasteiger partial charge in [0.15, 0.2) is 0 Å². The van der Waals surface area contributed by atoms with E-state index < -0.39 is 0 Å². The van der Waals surface area contributed by atoms with E-state index in [1.807, 2.05) is 13.1 Å². The first kappa shape index (κ1) is 11.5. The second-order valence-electron chi connectivity index (χ2n) is 3.81. The number of rotatable bonds is 4. The van der Waals surface area contributed by atoms with Gasteiger partial charge in [-0.25, -0.2) is 9.97 Å². The maximum Gasteiger partial charge on any atom is 0.202 e. The summed E-state index contributed by atoms with van der Waals surface area (Å²) in [5.74, 6) is 1.30. The molecule has 6 heteroatoms. The quantitative estimate of drug-likeness (QED) is 0.911. The summed E-state index contributed by atoms with van der Waals surface area (Å²) in [6, 6.07) is 0. The van der Waals surface area contributed by atoms with Gasteiger partial charge in [0.25, 0.3) is 0 Å². The van der Waals surface area contributed by atoms with Gasteiger partial charge in [0.1, 0.15) is 5.82 Å². The van der Waals surface area contributed by atoms with E-state index in [0.29, 0.717) is 5.92 Å². The molecule has 0 unspecified atom stereocenters. The molecular formula is C10H14N4S2. The molecule has 16 heavy (non-hydrogen) atoms. The predicted octanol–water partition coefficient (Wildman–Crippen LogP) is 3.04. The van der Waals surface area contributed by atoms with Crippen LogP contribution in [0.1, 0.15) is 35.5 Å². The molecule has 4 nitrogen and oxygen atoms in total. The minimum atomic E-state index is 0.387. The smallest absolute Gasteiger partial charge is 0.202 e. The van der Waals surface area contributed by atoms with Gasteiger partial charge in [-0.15, -0.1) is 11.3 Å². The fraction of sp³-hybridized carbons (Fsp3) is 0.500. The van der Waals surface area contributed by atoms with Gasteiger partial charge in [-0.05, 0) is 6.92 Å². The summed E-state index contributed by atoms with van der Waals surface area (Å²) in [5, 5.41) is 5.24. The number of nitrogens with one attached hydrogen (secondary N) is 1. The number of thiazole rings is 1. The zero-order chi connectivity index (χ0) is 11.5. The molecule has 86 valence electrons. The number of aryl methyl sites for hydroxylation is 1. The minimum absolute atomic E-state index is 0.387. The van der Waals surface area contributed by atoms with Gasteiger partial charge in [0, 0.05) is 28.5 Å². The van der Waals surface area contributed by atoms with Crippen LogP contribution < -0.4 is 5.32 Å². The van der Waals surface area contributed by atoms with Gasteiger partial charge >= 0.3 is 0 Å². The van der Waals surface area contributed by atoms with E-state index in [-0.39, 0.29) is 0 Å². The number of hydrogen-bond donors (Lipinski definition) is 1. The van der Waals surface area contributed by atoms with Gasteiger partial charge in [0.2, 0.25) is 5.13 Å². The summed E-state index contributed by atoms with van der Waals surface area (Å²) in [6.45, 7) is 6.98. The molecule has 0 aliphatic heterocycles. The number of hydrogen-bond acceptors (Lipinski definition) is 6. The first-order valence-electron chi connectivity index (χ1n) is 5.14. The molecule has 2 heterocycles. The molecule has 2 aromatic heterocycles. The Hall–Kier alpha value is -1.01. The Morgan fingerprint density at radius 1 is 1.44 bits per heavy atom. The topological polar surface area (TPSA) is 50.7 Å². The molecule has 2 aromatic rings. The molecule has 1 N–H and O–H groups in total. The molecule has 0 saturated carbocycles. The molecule has 2 rings (SSSR count). The lowest BCUT2D eigenvalue weighted by atomic mass is 10.2. The third kappa shape index (κ3) is 2.76. The van der Waals surface area contributed by atoms with E-state index in [4.69, 9.17) is 0 Å². The lowest BCUT2D eigenvalue weighted by Crippen LogP contribution is -1.97. The monoisotopic (exact) mass is 254 g/mol. The highest BCUT2D eigenvalue weighted by Crippen LogP contribution is 2.19. The Balaban J connectivity index is 1.94. The van der Waals surface area contributed by atoms with Crippen molar-refractivity contribution < 1.29 is 0 Å². The first-order valence-corrected chi connectivity index (χ1v) is 6.73. The van der Waals surface area contributed by atoms with Crippen molar-refractivity contribution in [1.29, 1.82) is 0 Å². The Labute approximate surface area is 103 Å². The lowest BCUT2D eigenvalue weighted by molar-refractivity contribution is 0.799. The summed E-state index contributed by atoms with van der Waals surface area (Å²) in [5.41, 5.74) is 0. The van der Waals surface area contributed by atoms with Crippen LogP contribution >= 0.6 is 22.9 Å². The van der Waals surface area contributed by atoms with Crippen molar-refractivity contribution in [2.75, 3.05) is 5.32 Å². The van der Waals surface area contributed by atoms with E-state index in [0.717, 1.165) is 22.5 Å². The number of aromatic nitrogens is 3. The SMILES string of the molecule is Cc1ncc(CNc2nc(C(C)C)ns2)s1. The van der Waals surface area contributed by atoms with Crippen molar-refractivity contribution in [3.63, 3.8) is 0 Å². The molecule has 0 spiro atoms.